The van der Waals surface area contributed by atoms with Crippen LogP contribution in [0.1, 0.15) is 22.3 Å². The zero-order chi connectivity index (χ0) is 20.0. The molecule has 0 fully saturated rings. The number of hydrogen-bond donors (Lipinski definition) is 2. The Morgan fingerprint density at radius 3 is 2.37 bits per heavy atom. The van der Waals surface area contributed by atoms with E-state index in [1.807, 2.05) is 0 Å². The van der Waals surface area contributed by atoms with Crippen molar-refractivity contribution >= 4 is 27.6 Å². The molecule has 2 aromatic rings. The molecule has 0 aliphatic carbocycles. The molecule has 0 heterocycles. The van der Waals surface area contributed by atoms with Gasteiger partial charge in [0.05, 0.1) is 18.4 Å². The molecule has 2 N–H and O–H groups in total. The largest absolute Gasteiger partial charge is 0.469 e. The van der Waals surface area contributed by atoms with Crippen LogP contribution in [0.4, 0.5) is 10.1 Å². The molecular weight excluding hydrogens is 375 g/mol. The Bertz CT molecular complexity index is 943. The number of carbonyl (C=O) groups excluding carboxylic acids is 2. The summed E-state index contributed by atoms with van der Waals surface area (Å²) in [6, 6.07) is 9.17. The first kappa shape index (κ1) is 20.4. The second-order valence-corrected chi connectivity index (χ2v) is 7.33. The number of methoxy groups -OCH3 is 1. The number of halogens is 1. The summed E-state index contributed by atoms with van der Waals surface area (Å²) in [6.45, 7) is 1.63. The number of nitrogens with one attached hydrogen (secondary N) is 2. The number of aryl methyl sites for hydroxylation is 1. The zero-order valence-corrected chi connectivity index (χ0v) is 15.6. The summed E-state index contributed by atoms with van der Waals surface area (Å²) in [5.41, 5.74) is 0.842. The molecule has 0 atom stereocenters. The normalized spacial score (nSPS) is 10.9. The van der Waals surface area contributed by atoms with Crippen LogP contribution in [-0.4, -0.2) is 33.9 Å². The average molecular weight is 394 g/mol. The van der Waals surface area contributed by atoms with Crippen molar-refractivity contribution in [1.29, 1.82) is 0 Å². The summed E-state index contributed by atoms with van der Waals surface area (Å²) < 4.78 is 44.9. The molecule has 0 aromatic heterocycles. The van der Waals surface area contributed by atoms with Gasteiger partial charge in [-0.2, -0.15) is 0 Å². The smallest absolute Gasteiger partial charge is 0.307 e. The lowest BCUT2D eigenvalue weighted by molar-refractivity contribution is -0.140. The van der Waals surface area contributed by atoms with E-state index in [1.54, 1.807) is 0 Å². The van der Waals surface area contributed by atoms with Crippen molar-refractivity contribution in [2.24, 2.45) is 0 Å². The maximum absolute atomic E-state index is 13.2. The van der Waals surface area contributed by atoms with Crippen molar-refractivity contribution < 1.29 is 27.1 Å². The van der Waals surface area contributed by atoms with E-state index in [0.29, 0.717) is 5.56 Å². The van der Waals surface area contributed by atoms with Crippen LogP contribution in [0.15, 0.2) is 47.4 Å². The third kappa shape index (κ3) is 5.52. The molecule has 0 saturated heterocycles. The van der Waals surface area contributed by atoms with Gasteiger partial charge in [0.25, 0.3) is 15.9 Å². The SMILES string of the molecule is COC(=O)CCNC(=O)c1ccc(NS(=O)(=O)c2ccc(F)cc2C)cc1. The van der Waals surface area contributed by atoms with Gasteiger partial charge < -0.3 is 10.1 Å². The van der Waals surface area contributed by atoms with Gasteiger partial charge in [-0.1, -0.05) is 0 Å². The lowest BCUT2D eigenvalue weighted by Gasteiger charge is -2.11. The molecule has 0 spiro atoms. The Labute approximate surface area is 156 Å². The lowest BCUT2D eigenvalue weighted by Crippen LogP contribution is -2.26. The van der Waals surface area contributed by atoms with Crippen LogP contribution in [0.5, 0.6) is 0 Å². The quantitative estimate of drug-likeness (QED) is 0.701. The molecular formula is C18H19FN2O5S. The first-order chi connectivity index (χ1) is 12.7. The standard InChI is InChI=1S/C18H19FN2O5S/c1-12-11-14(19)5-8-16(12)27(24,25)21-15-6-3-13(4-7-15)18(23)20-10-9-17(22)26-2/h3-8,11,21H,9-10H2,1-2H3,(H,20,23). The summed E-state index contributed by atoms with van der Waals surface area (Å²) in [5, 5.41) is 2.56. The van der Waals surface area contributed by atoms with E-state index in [2.05, 4.69) is 14.8 Å². The van der Waals surface area contributed by atoms with E-state index in [4.69, 9.17) is 0 Å². The van der Waals surface area contributed by atoms with Crippen molar-refractivity contribution in [3.8, 4) is 0 Å². The molecule has 27 heavy (non-hydrogen) atoms. The molecule has 2 rings (SSSR count). The molecule has 0 aliphatic rings. The Morgan fingerprint density at radius 2 is 1.78 bits per heavy atom. The van der Waals surface area contributed by atoms with Crippen LogP contribution < -0.4 is 10.0 Å². The Kier molecular flexibility index (Phi) is 6.51. The predicted molar refractivity (Wildman–Crippen MR) is 97.4 cm³/mol. The molecule has 0 bridgehead atoms. The second-order valence-electron chi connectivity index (χ2n) is 5.67. The number of sulfonamides is 1. The second kappa shape index (κ2) is 8.63. The van der Waals surface area contributed by atoms with Gasteiger partial charge in [-0.25, -0.2) is 12.8 Å². The van der Waals surface area contributed by atoms with Crippen LogP contribution in [0.25, 0.3) is 0 Å². The fourth-order valence-electron chi connectivity index (χ4n) is 2.30. The van der Waals surface area contributed by atoms with E-state index in [-0.39, 0.29) is 29.1 Å². The Morgan fingerprint density at radius 1 is 1.11 bits per heavy atom. The van der Waals surface area contributed by atoms with E-state index in [0.717, 1.165) is 12.1 Å². The van der Waals surface area contributed by atoms with Crippen molar-refractivity contribution in [3.05, 3.63) is 59.4 Å². The Balaban J connectivity index is 2.04. The third-order valence-corrected chi connectivity index (χ3v) is 5.21. The van der Waals surface area contributed by atoms with Gasteiger partial charge in [-0.15, -0.1) is 0 Å². The minimum absolute atomic E-state index is 0.0338. The zero-order valence-electron chi connectivity index (χ0n) is 14.8. The average Bonchev–Trinajstić information content (AvgIpc) is 2.61. The summed E-state index contributed by atoms with van der Waals surface area (Å²) in [5.74, 6) is -1.35. The van der Waals surface area contributed by atoms with Crippen LogP contribution in [0.2, 0.25) is 0 Å². The maximum atomic E-state index is 13.2. The monoisotopic (exact) mass is 394 g/mol. The van der Waals surface area contributed by atoms with Crippen molar-refractivity contribution in [3.63, 3.8) is 0 Å². The summed E-state index contributed by atoms with van der Waals surface area (Å²) >= 11 is 0. The molecule has 0 radical (unpaired) electrons. The summed E-state index contributed by atoms with van der Waals surface area (Å²) in [7, 11) is -2.63. The number of benzene rings is 2. The van der Waals surface area contributed by atoms with Crippen LogP contribution in [0.3, 0.4) is 0 Å². The van der Waals surface area contributed by atoms with Gasteiger partial charge in [-0.05, 0) is 55.0 Å². The third-order valence-electron chi connectivity index (χ3n) is 3.67. The molecule has 2 aromatic carbocycles. The summed E-state index contributed by atoms with van der Waals surface area (Å²) in [6.07, 6.45) is 0.0527. The fourth-order valence-corrected chi connectivity index (χ4v) is 3.58. The number of hydrogen-bond acceptors (Lipinski definition) is 5. The molecule has 9 heteroatoms. The van der Waals surface area contributed by atoms with E-state index in [9.17, 15) is 22.4 Å². The molecule has 7 nitrogen and oxygen atoms in total. The van der Waals surface area contributed by atoms with Crippen molar-refractivity contribution in [2.75, 3.05) is 18.4 Å². The Hall–Kier alpha value is -2.94. The van der Waals surface area contributed by atoms with Crippen molar-refractivity contribution in [1.82, 2.24) is 5.32 Å². The highest BCUT2D eigenvalue weighted by Crippen LogP contribution is 2.20. The van der Waals surface area contributed by atoms with Gasteiger partial charge >= 0.3 is 5.97 Å². The highest BCUT2D eigenvalue weighted by molar-refractivity contribution is 7.92. The fraction of sp³-hybridized carbons (Fsp3) is 0.222. The highest BCUT2D eigenvalue weighted by Gasteiger charge is 2.17. The maximum Gasteiger partial charge on any atom is 0.307 e. The van der Waals surface area contributed by atoms with E-state index >= 15 is 0 Å². The number of carbonyl (C=O) groups is 2. The summed E-state index contributed by atoms with van der Waals surface area (Å²) in [4.78, 5) is 22.9. The van der Waals surface area contributed by atoms with Gasteiger partial charge in [0.15, 0.2) is 0 Å². The predicted octanol–water partition coefficient (Wildman–Crippen LogP) is 2.23. The first-order valence-corrected chi connectivity index (χ1v) is 9.45. The van der Waals surface area contributed by atoms with Gasteiger partial charge in [0, 0.05) is 17.8 Å². The molecule has 0 aliphatic heterocycles. The minimum Gasteiger partial charge on any atom is -0.469 e. The number of ether oxygens (including phenoxy) is 1. The van der Waals surface area contributed by atoms with E-state index in [1.165, 1.54) is 44.4 Å². The molecule has 1 amide bonds. The molecule has 144 valence electrons. The van der Waals surface area contributed by atoms with E-state index < -0.39 is 27.7 Å². The van der Waals surface area contributed by atoms with Gasteiger partial charge in [0.2, 0.25) is 0 Å². The minimum atomic E-state index is -3.89. The van der Waals surface area contributed by atoms with Crippen LogP contribution in [0, 0.1) is 12.7 Å². The first-order valence-electron chi connectivity index (χ1n) is 7.97. The topological polar surface area (TPSA) is 102 Å². The number of amides is 1. The molecule has 0 saturated carbocycles. The lowest BCUT2D eigenvalue weighted by atomic mass is 10.2. The van der Waals surface area contributed by atoms with Crippen LogP contribution in [-0.2, 0) is 19.6 Å². The highest BCUT2D eigenvalue weighted by atomic mass is 32.2. The van der Waals surface area contributed by atoms with Crippen LogP contribution >= 0.6 is 0 Å². The van der Waals surface area contributed by atoms with Gasteiger partial charge in [0.1, 0.15) is 5.82 Å². The number of rotatable bonds is 7. The number of esters is 1. The van der Waals surface area contributed by atoms with Crippen molar-refractivity contribution in [2.45, 2.75) is 18.2 Å². The molecule has 0 unspecified atom stereocenters. The van der Waals surface area contributed by atoms with Gasteiger partial charge in [-0.3, -0.25) is 14.3 Å². The number of anilines is 1.